The number of carbonyl (C=O) groups is 2. The third-order valence-corrected chi connectivity index (χ3v) is 8.27. The lowest BCUT2D eigenvalue weighted by Gasteiger charge is -2.36. The number of amides is 2. The number of anilines is 1. The first-order chi connectivity index (χ1) is 21.6. The van der Waals surface area contributed by atoms with Gasteiger partial charge in [-0.1, -0.05) is 60.7 Å². The van der Waals surface area contributed by atoms with Crippen molar-refractivity contribution in [2.75, 3.05) is 57.9 Å². The smallest absolute Gasteiger partial charge is 0.254 e. The van der Waals surface area contributed by atoms with E-state index in [4.69, 9.17) is 9.47 Å². The van der Waals surface area contributed by atoms with Gasteiger partial charge in [-0.3, -0.25) is 9.59 Å². The van der Waals surface area contributed by atoms with Crippen LogP contribution in [0.5, 0.6) is 5.75 Å². The van der Waals surface area contributed by atoms with Gasteiger partial charge in [0, 0.05) is 50.5 Å². The van der Waals surface area contributed by atoms with Gasteiger partial charge in [0.15, 0.2) is 5.82 Å². The Kier molecular flexibility index (Phi) is 9.12. The van der Waals surface area contributed by atoms with E-state index in [-0.39, 0.29) is 24.5 Å². The van der Waals surface area contributed by atoms with E-state index in [1.807, 2.05) is 35.2 Å². The normalized spacial score (nSPS) is 16.5. The lowest BCUT2D eigenvalue weighted by Crippen LogP contribution is -2.52. The monoisotopic (exact) mass is 591 g/mol. The third kappa shape index (κ3) is 6.89. The van der Waals surface area contributed by atoms with Crippen LogP contribution in [0.2, 0.25) is 0 Å². The van der Waals surface area contributed by atoms with E-state index < -0.39 is 0 Å². The molecule has 3 aromatic carbocycles. The predicted molar refractivity (Wildman–Crippen MR) is 170 cm³/mol. The van der Waals surface area contributed by atoms with Gasteiger partial charge in [0.1, 0.15) is 12.3 Å². The summed E-state index contributed by atoms with van der Waals surface area (Å²) in [6, 6.07) is 29.6. The van der Waals surface area contributed by atoms with Crippen LogP contribution in [0.3, 0.4) is 0 Å². The molecule has 0 bridgehead atoms. The highest BCUT2D eigenvalue weighted by Crippen LogP contribution is 2.25. The van der Waals surface area contributed by atoms with Crippen molar-refractivity contribution in [1.29, 1.82) is 0 Å². The lowest BCUT2D eigenvalue weighted by molar-refractivity contribution is -0.132. The van der Waals surface area contributed by atoms with E-state index in [0.717, 1.165) is 35.5 Å². The molecule has 2 fully saturated rings. The number of ether oxygens (including phenoxy) is 2. The molecule has 1 aromatic heterocycles. The van der Waals surface area contributed by atoms with Gasteiger partial charge in [0.2, 0.25) is 5.91 Å². The topological polar surface area (TPSA) is 88.1 Å². The van der Waals surface area contributed by atoms with Crippen molar-refractivity contribution in [3.05, 3.63) is 96.6 Å². The standard InChI is InChI=1S/C35H37N5O4/c1-43-30-10-5-9-29(23-30)35(42)40(24-31-11-6-22-44-31)25-34(41)39-20-18-38(19-21-39)33-17-16-32(36-37-33)28-14-12-27(13-15-28)26-7-3-2-4-8-26/h2-5,7-10,12-17,23,31H,6,11,18-22,24-25H2,1H3. The zero-order valence-electron chi connectivity index (χ0n) is 25.0. The highest BCUT2D eigenvalue weighted by atomic mass is 16.5. The van der Waals surface area contributed by atoms with E-state index in [1.54, 1.807) is 36.3 Å². The van der Waals surface area contributed by atoms with Crippen LogP contribution in [-0.4, -0.2) is 90.9 Å². The maximum Gasteiger partial charge on any atom is 0.254 e. The Labute approximate surface area is 258 Å². The molecule has 4 aromatic rings. The van der Waals surface area contributed by atoms with Gasteiger partial charge in [-0.05, 0) is 54.3 Å². The fourth-order valence-electron chi connectivity index (χ4n) is 5.75. The van der Waals surface area contributed by atoms with Crippen molar-refractivity contribution in [1.82, 2.24) is 20.0 Å². The second-order valence-electron chi connectivity index (χ2n) is 11.1. The van der Waals surface area contributed by atoms with Gasteiger partial charge < -0.3 is 24.2 Å². The SMILES string of the molecule is COc1cccc(C(=O)N(CC(=O)N2CCN(c3ccc(-c4ccc(-c5ccccc5)cc4)nn3)CC2)CC2CCCO2)c1. The molecular weight excluding hydrogens is 554 g/mol. The first-order valence-corrected chi connectivity index (χ1v) is 15.1. The number of hydrogen-bond acceptors (Lipinski definition) is 7. The number of hydrogen-bond donors (Lipinski definition) is 0. The molecule has 9 nitrogen and oxygen atoms in total. The first kappa shape index (κ1) is 29.3. The molecule has 1 atom stereocenters. The Balaban J connectivity index is 1.05. The average Bonchev–Trinajstić information content (AvgIpc) is 3.61. The Morgan fingerprint density at radius 2 is 1.61 bits per heavy atom. The van der Waals surface area contributed by atoms with Crippen molar-refractivity contribution < 1.29 is 19.1 Å². The number of benzene rings is 3. The molecule has 1 unspecified atom stereocenters. The Morgan fingerprint density at radius 3 is 2.30 bits per heavy atom. The average molecular weight is 592 g/mol. The molecule has 0 spiro atoms. The van der Waals surface area contributed by atoms with Crippen LogP contribution in [-0.2, 0) is 9.53 Å². The fourth-order valence-corrected chi connectivity index (χ4v) is 5.75. The first-order valence-electron chi connectivity index (χ1n) is 15.1. The Bertz CT molecular complexity index is 1550. The molecule has 0 aliphatic carbocycles. The van der Waals surface area contributed by atoms with Crippen LogP contribution in [0.25, 0.3) is 22.4 Å². The zero-order valence-corrected chi connectivity index (χ0v) is 25.0. The van der Waals surface area contributed by atoms with Gasteiger partial charge in [0.25, 0.3) is 5.91 Å². The van der Waals surface area contributed by atoms with Gasteiger partial charge in [-0.15, -0.1) is 10.2 Å². The minimum atomic E-state index is -0.198. The van der Waals surface area contributed by atoms with Crippen LogP contribution in [0.1, 0.15) is 23.2 Å². The third-order valence-electron chi connectivity index (χ3n) is 8.27. The molecule has 0 N–H and O–H groups in total. The van der Waals surface area contributed by atoms with E-state index >= 15 is 0 Å². The molecular formula is C35H37N5O4. The van der Waals surface area contributed by atoms with Crippen LogP contribution in [0.15, 0.2) is 91.0 Å². The number of carbonyl (C=O) groups excluding carboxylic acids is 2. The van der Waals surface area contributed by atoms with Crippen LogP contribution in [0, 0.1) is 0 Å². The summed E-state index contributed by atoms with van der Waals surface area (Å²) < 4.78 is 11.1. The maximum atomic E-state index is 13.5. The predicted octanol–water partition coefficient (Wildman–Crippen LogP) is 4.79. The molecule has 3 heterocycles. The molecule has 0 radical (unpaired) electrons. The van der Waals surface area contributed by atoms with Crippen molar-refractivity contribution >= 4 is 17.6 Å². The largest absolute Gasteiger partial charge is 0.497 e. The summed E-state index contributed by atoms with van der Waals surface area (Å²) in [7, 11) is 1.57. The number of nitrogens with zero attached hydrogens (tertiary/aromatic N) is 5. The molecule has 6 rings (SSSR count). The fraction of sp³-hybridized carbons (Fsp3) is 0.314. The number of piperazine rings is 1. The summed E-state index contributed by atoms with van der Waals surface area (Å²) in [5, 5.41) is 8.99. The summed E-state index contributed by atoms with van der Waals surface area (Å²) in [4.78, 5) is 32.5. The van der Waals surface area contributed by atoms with Crippen LogP contribution < -0.4 is 9.64 Å². The van der Waals surface area contributed by atoms with E-state index in [0.29, 0.717) is 50.6 Å². The lowest BCUT2D eigenvalue weighted by atomic mass is 10.0. The highest BCUT2D eigenvalue weighted by molar-refractivity contribution is 5.97. The zero-order chi connectivity index (χ0) is 30.3. The molecule has 9 heteroatoms. The van der Waals surface area contributed by atoms with Crippen LogP contribution in [0.4, 0.5) is 5.82 Å². The number of rotatable bonds is 9. The van der Waals surface area contributed by atoms with Gasteiger partial charge in [-0.25, -0.2) is 0 Å². The minimum absolute atomic E-state index is 0.00741. The van der Waals surface area contributed by atoms with E-state index in [2.05, 4.69) is 51.5 Å². The Hall–Kier alpha value is -4.76. The molecule has 2 saturated heterocycles. The van der Waals surface area contributed by atoms with Crippen molar-refractivity contribution in [2.24, 2.45) is 0 Å². The van der Waals surface area contributed by atoms with E-state index in [9.17, 15) is 9.59 Å². The van der Waals surface area contributed by atoms with Crippen molar-refractivity contribution in [2.45, 2.75) is 18.9 Å². The van der Waals surface area contributed by atoms with Gasteiger partial charge >= 0.3 is 0 Å². The summed E-state index contributed by atoms with van der Waals surface area (Å²) in [5.74, 6) is 1.12. The highest BCUT2D eigenvalue weighted by Gasteiger charge is 2.29. The molecule has 2 aliphatic heterocycles. The molecule has 226 valence electrons. The maximum absolute atomic E-state index is 13.5. The summed E-state index contributed by atoms with van der Waals surface area (Å²) in [5.41, 5.74) is 4.65. The number of methoxy groups -OCH3 is 1. The summed E-state index contributed by atoms with van der Waals surface area (Å²) in [6.07, 6.45) is 1.79. The van der Waals surface area contributed by atoms with Gasteiger partial charge in [-0.2, -0.15) is 0 Å². The molecule has 2 aliphatic rings. The van der Waals surface area contributed by atoms with E-state index in [1.165, 1.54) is 5.56 Å². The summed E-state index contributed by atoms with van der Waals surface area (Å²) in [6.45, 7) is 3.45. The molecule has 44 heavy (non-hydrogen) atoms. The second-order valence-corrected chi connectivity index (χ2v) is 11.1. The number of aromatic nitrogens is 2. The van der Waals surface area contributed by atoms with Crippen LogP contribution >= 0.6 is 0 Å². The Morgan fingerprint density at radius 1 is 0.864 bits per heavy atom. The summed E-state index contributed by atoms with van der Waals surface area (Å²) >= 11 is 0. The minimum Gasteiger partial charge on any atom is -0.497 e. The van der Waals surface area contributed by atoms with Crippen molar-refractivity contribution in [3.8, 4) is 28.1 Å². The molecule has 2 amide bonds. The quantitative estimate of drug-likeness (QED) is 0.277. The molecule has 0 saturated carbocycles. The van der Waals surface area contributed by atoms with Crippen molar-refractivity contribution in [3.63, 3.8) is 0 Å². The van der Waals surface area contributed by atoms with Gasteiger partial charge in [0.05, 0.1) is 18.9 Å². The second kappa shape index (κ2) is 13.7.